The van der Waals surface area contributed by atoms with Crippen molar-refractivity contribution in [1.82, 2.24) is 0 Å². The molecule has 1 unspecified atom stereocenters. The first-order valence-electron chi connectivity index (χ1n) is 4.15. The van der Waals surface area contributed by atoms with Crippen molar-refractivity contribution in [3.8, 4) is 0 Å². The van der Waals surface area contributed by atoms with Crippen molar-refractivity contribution in [3.05, 3.63) is 12.3 Å². The fourth-order valence-corrected chi connectivity index (χ4v) is 0.592. The third-order valence-electron chi connectivity index (χ3n) is 1.33. The van der Waals surface area contributed by atoms with Crippen LogP contribution in [0.5, 0.6) is 0 Å². The molecule has 0 aliphatic rings. The van der Waals surface area contributed by atoms with Gasteiger partial charge in [0.05, 0.1) is 18.5 Å². The maximum atomic E-state index is 9.12. The van der Waals surface area contributed by atoms with Crippen LogP contribution in [-0.2, 0) is 4.74 Å². The Morgan fingerprint density at radius 3 is 2.55 bits per heavy atom. The molecule has 2 nitrogen and oxygen atoms in total. The number of hydrogen-bond acceptors (Lipinski definition) is 2. The maximum Gasteiger partial charge on any atom is 0.0922 e. The Labute approximate surface area is 68.9 Å². The van der Waals surface area contributed by atoms with Crippen LogP contribution in [0.15, 0.2) is 12.3 Å². The molecule has 0 radical (unpaired) electrons. The van der Waals surface area contributed by atoms with Gasteiger partial charge in [0.15, 0.2) is 0 Å². The van der Waals surface area contributed by atoms with Gasteiger partial charge in [-0.3, -0.25) is 0 Å². The molecule has 0 aliphatic carbocycles. The fraction of sp³-hybridized carbons (Fsp3) is 0.778. The molecular weight excluding hydrogens is 140 g/mol. The molecule has 66 valence electrons. The third kappa shape index (κ3) is 7.40. The zero-order valence-corrected chi connectivity index (χ0v) is 7.58. The van der Waals surface area contributed by atoms with E-state index in [4.69, 9.17) is 9.84 Å². The van der Waals surface area contributed by atoms with Crippen LogP contribution in [0.2, 0.25) is 0 Å². The summed E-state index contributed by atoms with van der Waals surface area (Å²) in [6.45, 7) is 5.91. The third-order valence-corrected chi connectivity index (χ3v) is 1.33. The van der Waals surface area contributed by atoms with Gasteiger partial charge in [0, 0.05) is 0 Å². The van der Waals surface area contributed by atoms with E-state index in [-0.39, 0.29) is 12.2 Å². The van der Waals surface area contributed by atoms with Crippen LogP contribution >= 0.6 is 0 Å². The fourth-order valence-electron chi connectivity index (χ4n) is 0.592. The van der Waals surface area contributed by atoms with Crippen molar-refractivity contribution in [1.29, 1.82) is 0 Å². The lowest BCUT2D eigenvalue weighted by Crippen LogP contribution is -2.02. The first-order chi connectivity index (χ1) is 5.16. The minimum absolute atomic E-state index is 0.220. The minimum Gasteiger partial charge on any atom is -0.499 e. The molecule has 0 aromatic heterocycles. The topological polar surface area (TPSA) is 29.5 Å². The molecule has 0 saturated carbocycles. The molecule has 0 spiro atoms. The van der Waals surface area contributed by atoms with Crippen molar-refractivity contribution in [2.45, 2.75) is 45.8 Å². The van der Waals surface area contributed by atoms with Crippen LogP contribution in [0.4, 0.5) is 0 Å². The molecule has 0 bridgehead atoms. The SMILES string of the molecule is CCC(O)C/C=C/OC(C)C. The van der Waals surface area contributed by atoms with E-state index in [9.17, 15) is 0 Å². The Balaban J connectivity index is 3.29. The number of rotatable bonds is 5. The lowest BCUT2D eigenvalue weighted by atomic mass is 10.2. The number of hydrogen-bond donors (Lipinski definition) is 1. The second kappa shape index (κ2) is 6.23. The van der Waals surface area contributed by atoms with E-state index >= 15 is 0 Å². The molecule has 0 aromatic carbocycles. The molecule has 0 heterocycles. The zero-order chi connectivity index (χ0) is 8.69. The van der Waals surface area contributed by atoms with E-state index in [0.29, 0.717) is 6.42 Å². The highest BCUT2D eigenvalue weighted by Gasteiger charge is 1.95. The van der Waals surface area contributed by atoms with Crippen LogP contribution in [0.25, 0.3) is 0 Å². The van der Waals surface area contributed by atoms with Crippen molar-refractivity contribution in [2.75, 3.05) is 0 Å². The number of aliphatic hydroxyl groups is 1. The van der Waals surface area contributed by atoms with Crippen molar-refractivity contribution < 1.29 is 9.84 Å². The summed E-state index contributed by atoms with van der Waals surface area (Å²) in [6, 6.07) is 0. The van der Waals surface area contributed by atoms with Gasteiger partial charge in [0.25, 0.3) is 0 Å². The summed E-state index contributed by atoms with van der Waals surface area (Å²) in [6.07, 6.45) is 5.00. The standard InChI is InChI=1S/C9H18O2/c1-4-9(10)6-5-7-11-8(2)3/h5,7-10H,4,6H2,1-3H3/b7-5+. The zero-order valence-electron chi connectivity index (χ0n) is 7.58. The lowest BCUT2D eigenvalue weighted by molar-refractivity contribution is 0.163. The van der Waals surface area contributed by atoms with Crippen LogP contribution in [-0.4, -0.2) is 17.3 Å². The second-order valence-corrected chi connectivity index (χ2v) is 2.85. The van der Waals surface area contributed by atoms with Crippen molar-refractivity contribution in [2.24, 2.45) is 0 Å². The van der Waals surface area contributed by atoms with Crippen LogP contribution in [0, 0.1) is 0 Å². The molecule has 0 saturated heterocycles. The van der Waals surface area contributed by atoms with Gasteiger partial charge in [-0.2, -0.15) is 0 Å². The van der Waals surface area contributed by atoms with E-state index in [1.807, 2.05) is 26.8 Å². The quantitative estimate of drug-likeness (QED) is 0.621. The summed E-state index contributed by atoms with van der Waals surface area (Å²) in [5.74, 6) is 0. The molecule has 11 heavy (non-hydrogen) atoms. The molecule has 0 rings (SSSR count). The van der Waals surface area contributed by atoms with Gasteiger partial charge >= 0.3 is 0 Å². The predicted octanol–water partition coefficient (Wildman–Crippen LogP) is 2.09. The van der Waals surface area contributed by atoms with Crippen LogP contribution in [0.1, 0.15) is 33.6 Å². The van der Waals surface area contributed by atoms with Gasteiger partial charge in [-0.05, 0) is 32.8 Å². The Morgan fingerprint density at radius 2 is 2.09 bits per heavy atom. The molecule has 0 fully saturated rings. The summed E-state index contributed by atoms with van der Waals surface area (Å²) in [4.78, 5) is 0. The van der Waals surface area contributed by atoms with Gasteiger partial charge in [-0.1, -0.05) is 6.92 Å². The van der Waals surface area contributed by atoms with Crippen molar-refractivity contribution >= 4 is 0 Å². The molecule has 0 amide bonds. The van der Waals surface area contributed by atoms with E-state index in [2.05, 4.69) is 0 Å². The largest absolute Gasteiger partial charge is 0.499 e. The van der Waals surface area contributed by atoms with E-state index in [1.54, 1.807) is 6.26 Å². The summed E-state index contributed by atoms with van der Waals surface area (Å²) < 4.78 is 5.15. The molecule has 1 N–H and O–H groups in total. The van der Waals surface area contributed by atoms with Gasteiger partial charge in [-0.15, -0.1) is 0 Å². The summed E-state index contributed by atoms with van der Waals surface area (Å²) in [5.41, 5.74) is 0. The Kier molecular flexibility index (Phi) is 5.94. The molecular formula is C9H18O2. The van der Waals surface area contributed by atoms with Gasteiger partial charge in [0.2, 0.25) is 0 Å². The van der Waals surface area contributed by atoms with E-state index in [1.165, 1.54) is 0 Å². The first kappa shape index (κ1) is 10.5. The highest BCUT2D eigenvalue weighted by molar-refractivity contribution is 4.77. The average molecular weight is 158 g/mol. The normalized spacial score (nSPS) is 14.3. The van der Waals surface area contributed by atoms with E-state index in [0.717, 1.165) is 6.42 Å². The number of ether oxygens (including phenoxy) is 1. The summed E-state index contributed by atoms with van der Waals surface area (Å²) in [7, 11) is 0. The predicted molar refractivity (Wildman–Crippen MR) is 46.3 cm³/mol. The lowest BCUT2D eigenvalue weighted by Gasteiger charge is -2.04. The second-order valence-electron chi connectivity index (χ2n) is 2.85. The molecule has 1 atom stereocenters. The smallest absolute Gasteiger partial charge is 0.0922 e. The number of aliphatic hydroxyl groups excluding tert-OH is 1. The molecule has 0 aliphatic heterocycles. The minimum atomic E-state index is -0.220. The Morgan fingerprint density at radius 1 is 1.45 bits per heavy atom. The summed E-state index contributed by atoms with van der Waals surface area (Å²) >= 11 is 0. The summed E-state index contributed by atoms with van der Waals surface area (Å²) in [5, 5.41) is 9.12. The van der Waals surface area contributed by atoms with Crippen LogP contribution in [0.3, 0.4) is 0 Å². The van der Waals surface area contributed by atoms with E-state index < -0.39 is 0 Å². The monoisotopic (exact) mass is 158 g/mol. The molecule has 2 heteroatoms. The van der Waals surface area contributed by atoms with Gasteiger partial charge < -0.3 is 9.84 Å². The average Bonchev–Trinajstić information content (AvgIpc) is 1.97. The highest BCUT2D eigenvalue weighted by Crippen LogP contribution is 1.98. The Bertz CT molecular complexity index is 108. The first-order valence-corrected chi connectivity index (χ1v) is 4.15. The maximum absolute atomic E-state index is 9.12. The van der Waals surface area contributed by atoms with Crippen molar-refractivity contribution in [3.63, 3.8) is 0 Å². The van der Waals surface area contributed by atoms with Gasteiger partial charge in [-0.25, -0.2) is 0 Å². The van der Waals surface area contributed by atoms with Crippen LogP contribution < -0.4 is 0 Å². The Hall–Kier alpha value is -0.500. The molecule has 0 aromatic rings. The highest BCUT2D eigenvalue weighted by atomic mass is 16.5. The van der Waals surface area contributed by atoms with Gasteiger partial charge in [0.1, 0.15) is 0 Å².